The van der Waals surface area contributed by atoms with Gasteiger partial charge in [0.1, 0.15) is 5.82 Å². The number of pyridine rings is 1. The molecule has 2 N–H and O–H groups in total. The van der Waals surface area contributed by atoms with Gasteiger partial charge in [0.25, 0.3) is 0 Å². The third kappa shape index (κ3) is 5.58. The third-order valence-corrected chi connectivity index (χ3v) is 1.41. The van der Waals surface area contributed by atoms with E-state index in [0.717, 1.165) is 12.1 Å². The molecule has 0 spiro atoms. The van der Waals surface area contributed by atoms with Crippen molar-refractivity contribution in [1.82, 2.24) is 4.98 Å². The fraction of sp³-hybridized carbons (Fsp3) is 0.545. The van der Waals surface area contributed by atoms with E-state index in [0.29, 0.717) is 0 Å². The van der Waals surface area contributed by atoms with E-state index in [9.17, 15) is 13.2 Å². The molecule has 0 radical (unpaired) electrons. The number of nitrogen functional groups attached to an aromatic ring is 1. The van der Waals surface area contributed by atoms with Crippen molar-refractivity contribution in [1.29, 1.82) is 0 Å². The summed E-state index contributed by atoms with van der Waals surface area (Å²) in [5, 5.41) is 0. The number of anilines is 1. The van der Waals surface area contributed by atoms with E-state index in [1.165, 1.54) is 6.92 Å². The molecule has 0 saturated heterocycles. The highest BCUT2D eigenvalue weighted by atomic mass is 19.4. The third-order valence-electron chi connectivity index (χ3n) is 1.41. The van der Waals surface area contributed by atoms with Crippen LogP contribution in [0.25, 0.3) is 0 Å². The van der Waals surface area contributed by atoms with Crippen LogP contribution >= 0.6 is 0 Å². The highest BCUT2D eigenvalue weighted by Gasteiger charge is 2.32. The quantitative estimate of drug-likeness (QED) is 0.738. The van der Waals surface area contributed by atoms with Crippen LogP contribution in [0.5, 0.6) is 0 Å². The van der Waals surface area contributed by atoms with Crippen LogP contribution in [0, 0.1) is 6.92 Å². The van der Waals surface area contributed by atoms with Crippen molar-refractivity contribution in [2.24, 2.45) is 0 Å². The van der Waals surface area contributed by atoms with Gasteiger partial charge in [-0.2, -0.15) is 13.2 Å². The summed E-state index contributed by atoms with van der Waals surface area (Å²) in [6.07, 6.45) is -4.34. The average Bonchev–Trinajstić information content (AvgIpc) is 2.21. The first-order valence-corrected chi connectivity index (χ1v) is 5.21. The Balaban J connectivity index is 0. The molecular weight excluding hydrogens is 217 g/mol. The molecule has 2 nitrogen and oxygen atoms in total. The lowest BCUT2D eigenvalue weighted by Crippen LogP contribution is -2.09. The van der Waals surface area contributed by atoms with Crippen LogP contribution in [-0.4, -0.2) is 4.98 Å². The van der Waals surface area contributed by atoms with Gasteiger partial charge in [0, 0.05) is 0 Å². The minimum absolute atomic E-state index is 0.0949. The fourth-order valence-electron chi connectivity index (χ4n) is 0.880. The van der Waals surface area contributed by atoms with Crippen molar-refractivity contribution in [2.45, 2.75) is 40.8 Å². The largest absolute Gasteiger partial charge is 0.418 e. The predicted octanol–water partition coefficient (Wildman–Crippen LogP) is 4.04. The van der Waals surface area contributed by atoms with Crippen LogP contribution < -0.4 is 5.73 Å². The predicted molar refractivity (Wildman–Crippen MR) is 61.1 cm³/mol. The second-order valence-electron chi connectivity index (χ2n) is 2.37. The average molecular weight is 236 g/mol. The van der Waals surface area contributed by atoms with Crippen LogP contribution in [-0.2, 0) is 6.18 Å². The zero-order chi connectivity index (χ0) is 13.4. The van der Waals surface area contributed by atoms with E-state index in [2.05, 4.69) is 4.98 Å². The summed E-state index contributed by atoms with van der Waals surface area (Å²) in [6.45, 7) is 9.28. The molecule has 1 heterocycles. The lowest BCUT2D eigenvalue weighted by atomic mass is 10.2. The van der Waals surface area contributed by atoms with Gasteiger partial charge < -0.3 is 5.73 Å². The van der Waals surface area contributed by atoms with Crippen LogP contribution in [0.15, 0.2) is 12.1 Å². The Morgan fingerprint density at radius 1 is 1.06 bits per heavy atom. The molecule has 1 aromatic rings. The first-order chi connectivity index (χ1) is 7.41. The zero-order valence-corrected chi connectivity index (χ0v) is 10.3. The molecule has 0 amide bonds. The summed E-state index contributed by atoms with van der Waals surface area (Å²) >= 11 is 0. The fourth-order valence-corrected chi connectivity index (χ4v) is 0.880. The van der Waals surface area contributed by atoms with Gasteiger partial charge in [-0.1, -0.05) is 27.7 Å². The zero-order valence-electron chi connectivity index (χ0n) is 10.3. The summed E-state index contributed by atoms with van der Waals surface area (Å²) in [4.78, 5) is 3.50. The second kappa shape index (κ2) is 7.96. The Morgan fingerprint density at radius 2 is 1.50 bits per heavy atom. The van der Waals surface area contributed by atoms with Crippen LogP contribution in [0.4, 0.5) is 19.0 Å². The van der Waals surface area contributed by atoms with Crippen LogP contribution in [0.1, 0.15) is 39.0 Å². The van der Waals surface area contributed by atoms with Gasteiger partial charge in [0.2, 0.25) is 0 Å². The molecule has 0 saturated carbocycles. The van der Waals surface area contributed by atoms with Crippen molar-refractivity contribution < 1.29 is 13.2 Å². The maximum absolute atomic E-state index is 12.1. The standard InChI is InChI=1S/C7H7F3N2.2C2H6/c1-4-5(7(8,9)10)2-3-6(11)12-4;2*1-2/h2-3H,1H3,(H2,11,12);2*1-2H3. The number of nitrogens with two attached hydrogens (primary N) is 1. The van der Waals surface area contributed by atoms with Crippen LogP contribution in [0.2, 0.25) is 0 Å². The smallest absolute Gasteiger partial charge is 0.384 e. The number of hydrogen-bond acceptors (Lipinski definition) is 2. The maximum atomic E-state index is 12.1. The molecular formula is C11H19F3N2. The number of halogens is 3. The van der Waals surface area contributed by atoms with Gasteiger partial charge in [0.15, 0.2) is 0 Å². The van der Waals surface area contributed by atoms with Crippen molar-refractivity contribution in [3.05, 3.63) is 23.4 Å². The molecule has 16 heavy (non-hydrogen) atoms. The minimum Gasteiger partial charge on any atom is -0.384 e. The number of aromatic nitrogens is 1. The Kier molecular flexibility index (Phi) is 8.53. The van der Waals surface area contributed by atoms with Crippen molar-refractivity contribution in [2.75, 3.05) is 5.73 Å². The van der Waals surface area contributed by atoms with Crippen molar-refractivity contribution in [3.8, 4) is 0 Å². The molecule has 0 fully saturated rings. The minimum atomic E-state index is -4.34. The van der Waals surface area contributed by atoms with E-state index < -0.39 is 11.7 Å². The van der Waals surface area contributed by atoms with E-state index in [1.54, 1.807) is 0 Å². The molecule has 0 aliphatic heterocycles. The topological polar surface area (TPSA) is 38.9 Å². The Labute approximate surface area is 94.7 Å². The molecule has 0 unspecified atom stereocenters. The molecule has 94 valence electrons. The molecule has 0 bridgehead atoms. The molecule has 0 atom stereocenters. The molecule has 1 aromatic heterocycles. The number of alkyl halides is 3. The van der Waals surface area contributed by atoms with Gasteiger partial charge >= 0.3 is 6.18 Å². The second-order valence-corrected chi connectivity index (χ2v) is 2.37. The van der Waals surface area contributed by atoms with E-state index >= 15 is 0 Å². The Hall–Kier alpha value is -1.26. The number of rotatable bonds is 0. The summed E-state index contributed by atoms with van der Waals surface area (Å²) < 4.78 is 36.3. The highest BCUT2D eigenvalue weighted by molar-refractivity contribution is 5.34. The first-order valence-electron chi connectivity index (χ1n) is 5.21. The van der Waals surface area contributed by atoms with E-state index in [4.69, 9.17) is 5.73 Å². The van der Waals surface area contributed by atoms with Gasteiger partial charge in [0.05, 0.1) is 11.3 Å². The van der Waals surface area contributed by atoms with Gasteiger partial charge in [-0.25, -0.2) is 4.98 Å². The summed E-state index contributed by atoms with van der Waals surface area (Å²) in [5.74, 6) is 0.0977. The van der Waals surface area contributed by atoms with Gasteiger partial charge in [-0.3, -0.25) is 0 Å². The van der Waals surface area contributed by atoms with Crippen LogP contribution in [0.3, 0.4) is 0 Å². The maximum Gasteiger partial charge on any atom is 0.418 e. The summed E-state index contributed by atoms with van der Waals surface area (Å²) in [6, 6.07) is 2.06. The van der Waals surface area contributed by atoms with E-state index in [1.807, 2.05) is 27.7 Å². The first kappa shape index (κ1) is 17.1. The normalized spacial score (nSPS) is 9.50. The molecule has 1 rings (SSSR count). The summed E-state index contributed by atoms with van der Waals surface area (Å²) in [7, 11) is 0. The lowest BCUT2D eigenvalue weighted by Gasteiger charge is -2.08. The lowest BCUT2D eigenvalue weighted by molar-refractivity contribution is -0.138. The summed E-state index contributed by atoms with van der Waals surface area (Å²) in [5.41, 5.74) is 4.36. The Morgan fingerprint density at radius 3 is 1.81 bits per heavy atom. The Bertz CT molecular complexity index is 296. The molecule has 0 aliphatic rings. The van der Waals surface area contributed by atoms with Crippen molar-refractivity contribution >= 4 is 5.82 Å². The monoisotopic (exact) mass is 236 g/mol. The van der Waals surface area contributed by atoms with Gasteiger partial charge in [-0.15, -0.1) is 0 Å². The molecule has 5 heteroatoms. The number of aryl methyl sites for hydroxylation is 1. The van der Waals surface area contributed by atoms with Gasteiger partial charge in [-0.05, 0) is 19.1 Å². The molecule has 0 aliphatic carbocycles. The molecule has 0 aromatic carbocycles. The van der Waals surface area contributed by atoms with Crippen molar-refractivity contribution in [3.63, 3.8) is 0 Å². The van der Waals surface area contributed by atoms with E-state index in [-0.39, 0.29) is 11.5 Å². The number of nitrogens with zero attached hydrogens (tertiary/aromatic N) is 1. The SMILES string of the molecule is CC.CC.Cc1nc(N)ccc1C(F)(F)F. The number of hydrogen-bond donors (Lipinski definition) is 1. The highest BCUT2D eigenvalue weighted by Crippen LogP contribution is 2.31.